The zero-order valence-corrected chi connectivity index (χ0v) is 8.01. The minimum absolute atomic E-state index is 0.00761. The van der Waals surface area contributed by atoms with Crippen molar-refractivity contribution in [2.75, 3.05) is 39.5 Å². The number of rotatable bonds is 1. The van der Waals surface area contributed by atoms with Gasteiger partial charge in [-0.15, -0.1) is 5.92 Å². The van der Waals surface area contributed by atoms with Gasteiger partial charge in [0.05, 0.1) is 26.4 Å². The summed E-state index contributed by atoms with van der Waals surface area (Å²) in [5, 5.41) is 0. The molecule has 2 heterocycles. The molecule has 1 spiro atoms. The van der Waals surface area contributed by atoms with E-state index in [2.05, 4.69) is 16.7 Å². The first-order valence-electron chi connectivity index (χ1n) is 4.68. The molecular formula is C10H15NO2. The molecule has 2 fully saturated rings. The molecule has 3 heteroatoms. The minimum Gasteiger partial charge on any atom is -0.376 e. The van der Waals surface area contributed by atoms with Crippen LogP contribution in [0, 0.1) is 11.8 Å². The molecule has 3 nitrogen and oxygen atoms in total. The number of hydrogen-bond acceptors (Lipinski definition) is 3. The van der Waals surface area contributed by atoms with Crippen molar-refractivity contribution in [1.82, 2.24) is 4.90 Å². The van der Waals surface area contributed by atoms with E-state index in [-0.39, 0.29) is 5.60 Å². The predicted octanol–water partition coefficient (Wildman–Crippen LogP) is 0.111. The molecular weight excluding hydrogens is 166 g/mol. The van der Waals surface area contributed by atoms with E-state index in [0.29, 0.717) is 0 Å². The van der Waals surface area contributed by atoms with Gasteiger partial charge in [0.2, 0.25) is 0 Å². The molecule has 2 saturated heterocycles. The Morgan fingerprint density at radius 1 is 1.38 bits per heavy atom. The Labute approximate surface area is 79.0 Å². The molecule has 2 aliphatic heterocycles. The van der Waals surface area contributed by atoms with Gasteiger partial charge in [-0.1, -0.05) is 5.92 Å². The van der Waals surface area contributed by atoms with Gasteiger partial charge in [-0.05, 0) is 6.92 Å². The highest BCUT2D eigenvalue weighted by Crippen LogP contribution is 2.27. The van der Waals surface area contributed by atoms with Gasteiger partial charge in [-0.25, -0.2) is 0 Å². The summed E-state index contributed by atoms with van der Waals surface area (Å²) in [6.07, 6.45) is 0. The lowest BCUT2D eigenvalue weighted by molar-refractivity contribution is -0.214. The van der Waals surface area contributed by atoms with Crippen LogP contribution in [0.5, 0.6) is 0 Å². The summed E-state index contributed by atoms with van der Waals surface area (Å²) in [5.74, 6) is 5.95. The molecule has 0 unspecified atom stereocenters. The zero-order chi connectivity index (χ0) is 9.15. The third-order valence-electron chi connectivity index (χ3n) is 2.50. The van der Waals surface area contributed by atoms with Crippen LogP contribution in [0.25, 0.3) is 0 Å². The maximum Gasteiger partial charge on any atom is 0.117 e. The summed E-state index contributed by atoms with van der Waals surface area (Å²) in [4.78, 5) is 2.28. The molecule has 0 aromatic rings. The Morgan fingerprint density at radius 2 is 2.23 bits per heavy atom. The molecule has 13 heavy (non-hydrogen) atoms. The van der Waals surface area contributed by atoms with E-state index in [1.165, 1.54) is 0 Å². The number of likely N-dealkylation sites (tertiary alicyclic amines) is 1. The largest absolute Gasteiger partial charge is 0.376 e. The lowest BCUT2D eigenvalue weighted by Crippen LogP contribution is -2.67. The molecule has 0 amide bonds. The van der Waals surface area contributed by atoms with Gasteiger partial charge in [0.25, 0.3) is 0 Å². The van der Waals surface area contributed by atoms with Gasteiger partial charge in [-0.2, -0.15) is 0 Å². The van der Waals surface area contributed by atoms with Crippen molar-refractivity contribution < 1.29 is 9.47 Å². The van der Waals surface area contributed by atoms with Gasteiger partial charge < -0.3 is 9.47 Å². The fourth-order valence-electron chi connectivity index (χ4n) is 1.87. The second kappa shape index (κ2) is 3.67. The first kappa shape index (κ1) is 9.01. The predicted molar refractivity (Wildman–Crippen MR) is 49.4 cm³/mol. The van der Waals surface area contributed by atoms with Crippen molar-refractivity contribution in [3.8, 4) is 11.8 Å². The normalized spacial score (nSPS) is 26.2. The third kappa shape index (κ3) is 1.86. The quantitative estimate of drug-likeness (QED) is 0.536. The molecule has 0 aromatic heterocycles. The van der Waals surface area contributed by atoms with Crippen molar-refractivity contribution in [1.29, 1.82) is 0 Å². The summed E-state index contributed by atoms with van der Waals surface area (Å²) >= 11 is 0. The Kier molecular flexibility index (Phi) is 2.54. The summed E-state index contributed by atoms with van der Waals surface area (Å²) in [6, 6.07) is 0. The molecule has 0 N–H and O–H groups in total. The van der Waals surface area contributed by atoms with E-state index in [1.54, 1.807) is 0 Å². The van der Waals surface area contributed by atoms with Crippen LogP contribution in [-0.4, -0.2) is 50.0 Å². The highest BCUT2D eigenvalue weighted by molar-refractivity contribution is 5.05. The monoisotopic (exact) mass is 181 g/mol. The maximum atomic E-state index is 5.70. The van der Waals surface area contributed by atoms with Gasteiger partial charge in [0.15, 0.2) is 0 Å². The first-order valence-corrected chi connectivity index (χ1v) is 4.68. The van der Waals surface area contributed by atoms with Crippen LogP contribution in [0.1, 0.15) is 6.92 Å². The molecule has 2 rings (SSSR count). The van der Waals surface area contributed by atoms with E-state index in [1.807, 2.05) is 6.92 Å². The van der Waals surface area contributed by atoms with Crippen molar-refractivity contribution in [3.63, 3.8) is 0 Å². The molecule has 0 saturated carbocycles. The van der Waals surface area contributed by atoms with E-state index in [9.17, 15) is 0 Å². The first-order chi connectivity index (χ1) is 6.35. The van der Waals surface area contributed by atoms with Crippen LogP contribution in [0.2, 0.25) is 0 Å². The highest BCUT2D eigenvalue weighted by Gasteiger charge is 2.45. The Hall–Kier alpha value is -0.560. The lowest BCUT2D eigenvalue weighted by Gasteiger charge is -2.50. The minimum atomic E-state index is 0.00761. The fraction of sp³-hybridized carbons (Fsp3) is 0.800. The Bertz CT molecular complexity index is 227. The lowest BCUT2D eigenvalue weighted by atomic mass is 9.94. The van der Waals surface area contributed by atoms with E-state index in [0.717, 1.165) is 39.5 Å². The topological polar surface area (TPSA) is 21.7 Å². The average molecular weight is 181 g/mol. The van der Waals surface area contributed by atoms with Crippen molar-refractivity contribution in [2.24, 2.45) is 0 Å². The standard InChI is InChI=1S/C10H15NO2/c1-2-3-4-11-7-10(8-11)9-12-5-6-13-10/h4-9H2,1H3. The summed E-state index contributed by atoms with van der Waals surface area (Å²) in [7, 11) is 0. The van der Waals surface area contributed by atoms with Crippen LogP contribution in [0.4, 0.5) is 0 Å². The van der Waals surface area contributed by atoms with Crippen molar-refractivity contribution in [3.05, 3.63) is 0 Å². The molecule has 0 radical (unpaired) electrons. The van der Waals surface area contributed by atoms with Crippen LogP contribution < -0.4 is 0 Å². The van der Waals surface area contributed by atoms with Crippen LogP contribution in [0.3, 0.4) is 0 Å². The van der Waals surface area contributed by atoms with Gasteiger partial charge in [-0.3, -0.25) is 4.90 Å². The summed E-state index contributed by atoms with van der Waals surface area (Å²) in [6.45, 7) is 6.92. The van der Waals surface area contributed by atoms with Gasteiger partial charge in [0, 0.05) is 13.1 Å². The van der Waals surface area contributed by atoms with Gasteiger partial charge in [0.1, 0.15) is 5.60 Å². The van der Waals surface area contributed by atoms with E-state index < -0.39 is 0 Å². The smallest absolute Gasteiger partial charge is 0.117 e. The molecule has 0 bridgehead atoms. The fourth-order valence-corrected chi connectivity index (χ4v) is 1.87. The molecule has 72 valence electrons. The van der Waals surface area contributed by atoms with E-state index >= 15 is 0 Å². The van der Waals surface area contributed by atoms with Crippen LogP contribution in [-0.2, 0) is 9.47 Å². The van der Waals surface area contributed by atoms with Crippen molar-refractivity contribution >= 4 is 0 Å². The zero-order valence-electron chi connectivity index (χ0n) is 8.01. The average Bonchev–Trinajstić information content (AvgIpc) is 2.13. The molecule has 0 atom stereocenters. The SMILES string of the molecule is CC#CCN1CC2(COCCO2)C1. The number of nitrogens with zero attached hydrogens (tertiary/aromatic N) is 1. The molecule has 0 aromatic carbocycles. The third-order valence-corrected chi connectivity index (χ3v) is 2.50. The number of ether oxygens (including phenoxy) is 2. The Balaban J connectivity index is 1.77. The second-order valence-corrected chi connectivity index (χ2v) is 3.66. The summed E-state index contributed by atoms with van der Waals surface area (Å²) < 4.78 is 11.1. The van der Waals surface area contributed by atoms with Crippen molar-refractivity contribution in [2.45, 2.75) is 12.5 Å². The molecule has 2 aliphatic rings. The summed E-state index contributed by atoms with van der Waals surface area (Å²) in [5.41, 5.74) is 0.00761. The maximum absolute atomic E-state index is 5.70. The highest BCUT2D eigenvalue weighted by atomic mass is 16.6. The van der Waals surface area contributed by atoms with Crippen LogP contribution >= 0.6 is 0 Å². The van der Waals surface area contributed by atoms with E-state index in [4.69, 9.17) is 9.47 Å². The molecule has 0 aliphatic carbocycles. The Morgan fingerprint density at radius 3 is 2.85 bits per heavy atom. The van der Waals surface area contributed by atoms with Gasteiger partial charge >= 0.3 is 0 Å². The number of hydrogen-bond donors (Lipinski definition) is 0. The second-order valence-electron chi connectivity index (χ2n) is 3.66. The van der Waals surface area contributed by atoms with Crippen LogP contribution in [0.15, 0.2) is 0 Å².